The van der Waals surface area contributed by atoms with Crippen molar-refractivity contribution in [2.45, 2.75) is 19.6 Å². The summed E-state index contributed by atoms with van der Waals surface area (Å²) in [4.78, 5) is 4.81. The average Bonchev–Trinajstić information content (AvgIpc) is 3.10. The van der Waals surface area contributed by atoms with Crippen molar-refractivity contribution in [2.24, 2.45) is 0 Å². The Kier molecular flexibility index (Phi) is 5.65. The number of ether oxygens (including phenoxy) is 2. The van der Waals surface area contributed by atoms with Gasteiger partial charge in [0.2, 0.25) is 5.13 Å². The minimum Gasteiger partial charge on any atom is -0.497 e. The number of hydrogen-bond acceptors (Lipinski definition) is 7. The zero-order chi connectivity index (χ0) is 16.9. The van der Waals surface area contributed by atoms with Crippen molar-refractivity contribution in [2.75, 3.05) is 45.3 Å². The Balaban J connectivity index is 1.59. The van der Waals surface area contributed by atoms with E-state index in [4.69, 9.17) is 9.47 Å². The van der Waals surface area contributed by atoms with Crippen molar-refractivity contribution >= 4 is 16.5 Å². The normalized spacial score (nSPS) is 17.0. The maximum atomic E-state index is 5.34. The predicted octanol–water partition coefficient (Wildman–Crippen LogP) is 2.58. The van der Waals surface area contributed by atoms with Gasteiger partial charge in [-0.3, -0.25) is 4.90 Å². The molecule has 1 atom stereocenters. The van der Waals surface area contributed by atoms with Gasteiger partial charge in [0.05, 0.1) is 7.11 Å². The van der Waals surface area contributed by atoms with Crippen LogP contribution in [0.1, 0.15) is 23.5 Å². The minimum absolute atomic E-state index is 0.376. The molecule has 2 heterocycles. The van der Waals surface area contributed by atoms with E-state index in [-0.39, 0.29) is 0 Å². The second-order valence-corrected chi connectivity index (χ2v) is 6.93. The number of nitrogens with zero attached hydrogens (tertiary/aromatic N) is 4. The molecular formula is C17H24N4O2S. The Morgan fingerprint density at radius 2 is 1.96 bits per heavy atom. The summed E-state index contributed by atoms with van der Waals surface area (Å²) >= 11 is 1.62. The summed E-state index contributed by atoms with van der Waals surface area (Å²) in [6, 6.07) is 8.71. The summed E-state index contributed by atoms with van der Waals surface area (Å²) in [6.45, 7) is 6.75. The average molecular weight is 348 g/mol. The van der Waals surface area contributed by atoms with Gasteiger partial charge in [0, 0.05) is 39.3 Å². The van der Waals surface area contributed by atoms with E-state index >= 15 is 0 Å². The summed E-state index contributed by atoms with van der Waals surface area (Å²) < 4.78 is 10.5. The van der Waals surface area contributed by atoms with Crippen LogP contribution in [0.15, 0.2) is 24.3 Å². The maximum absolute atomic E-state index is 5.34. The van der Waals surface area contributed by atoms with Crippen LogP contribution in [0.5, 0.6) is 5.75 Å². The highest BCUT2D eigenvalue weighted by Gasteiger charge is 2.24. The Bertz CT molecular complexity index is 656. The van der Waals surface area contributed by atoms with Gasteiger partial charge in [-0.2, -0.15) is 0 Å². The number of rotatable bonds is 6. The molecule has 1 unspecified atom stereocenters. The van der Waals surface area contributed by atoms with E-state index < -0.39 is 0 Å². The van der Waals surface area contributed by atoms with Gasteiger partial charge in [-0.05, 0) is 24.6 Å². The molecule has 6 nitrogen and oxygen atoms in total. The highest BCUT2D eigenvalue weighted by Crippen LogP contribution is 2.27. The molecule has 0 saturated carbocycles. The smallest absolute Gasteiger partial charge is 0.208 e. The molecule has 0 radical (unpaired) electrons. The van der Waals surface area contributed by atoms with Gasteiger partial charge in [-0.1, -0.05) is 23.5 Å². The predicted molar refractivity (Wildman–Crippen MR) is 95.8 cm³/mol. The van der Waals surface area contributed by atoms with Crippen LogP contribution in [0, 0.1) is 0 Å². The molecule has 1 aliphatic rings. The lowest BCUT2D eigenvalue weighted by molar-refractivity contribution is 0.184. The lowest BCUT2D eigenvalue weighted by Gasteiger charge is -2.38. The van der Waals surface area contributed by atoms with E-state index in [0.717, 1.165) is 42.1 Å². The third-order valence-corrected chi connectivity index (χ3v) is 5.39. The van der Waals surface area contributed by atoms with Crippen molar-refractivity contribution in [3.05, 3.63) is 34.8 Å². The van der Waals surface area contributed by atoms with Crippen LogP contribution in [0.25, 0.3) is 0 Å². The quantitative estimate of drug-likeness (QED) is 0.800. The number of methoxy groups -OCH3 is 2. The molecule has 1 saturated heterocycles. The monoisotopic (exact) mass is 348 g/mol. The Morgan fingerprint density at radius 3 is 2.67 bits per heavy atom. The molecule has 0 amide bonds. The molecule has 1 fully saturated rings. The second kappa shape index (κ2) is 7.92. The Morgan fingerprint density at radius 1 is 1.17 bits per heavy atom. The van der Waals surface area contributed by atoms with Crippen LogP contribution in [-0.2, 0) is 11.3 Å². The molecule has 1 aliphatic heterocycles. The van der Waals surface area contributed by atoms with Gasteiger partial charge in [0.15, 0.2) is 0 Å². The summed E-state index contributed by atoms with van der Waals surface area (Å²) in [6.07, 6.45) is 0. The molecule has 3 rings (SSSR count). The first kappa shape index (κ1) is 17.1. The first-order chi connectivity index (χ1) is 11.7. The standard InChI is InChI=1S/C17H24N4O2S/c1-13(14-5-4-6-15(11-14)23-3)20-7-9-21(10-8-20)17-19-18-16(24-17)12-22-2/h4-6,11,13H,7-10,12H2,1-3H3. The van der Waals surface area contributed by atoms with Gasteiger partial charge >= 0.3 is 0 Å². The molecule has 0 bridgehead atoms. The van der Waals surface area contributed by atoms with E-state index in [1.165, 1.54) is 5.56 Å². The topological polar surface area (TPSA) is 50.7 Å². The second-order valence-electron chi connectivity index (χ2n) is 5.89. The molecule has 130 valence electrons. The zero-order valence-corrected chi connectivity index (χ0v) is 15.3. The summed E-state index contributed by atoms with van der Waals surface area (Å²) in [5.74, 6) is 0.914. The summed E-state index contributed by atoms with van der Waals surface area (Å²) in [7, 11) is 3.39. The van der Waals surface area contributed by atoms with Crippen molar-refractivity contribution in [3.8, 4) is 5.75 Å². The van der Waals surface area contributed by atoms with Crippen LogP contribution >= 0.6 is 11.3 Å². The number of anilines is 1. The lowest BCUT2D eigenvalue weighted by atomic mass is 10.1. The molecule has 0 spiro atoms. The fraction of sp³-hybridized carbons (Fsp3) is 0.529. The van der Waals surface area contributed by atoms with E-state index in [9.17, 15) is 0 Å². The number of piperazine rings is 1. The molecule has 2 aromatic rings. The zero-order valence-electron chi connectivity index (χ0n) is 14.4. The maximum Gasteiger partial charge on any atom is 0.208 e. The van der Waals surface area contributed by atoms with Gasteiger partial charge in [0.25, 0.3) is 0 Å². The molecule has 24 heavy (non-hydrogen) atoms. The third kappa shape index (κ3) is 3.85. The number of aromatic nitrogens is 2. The van der Waals surface area contributed by atoms with Gasteiger partial charge < -0.3 is 14.4 Å². The minimum atomic E-state index is 0.376. The number of benzene rings is 1. The van der Waals surface area contributed by atoms with Gasteiger partial charge in [0.1, 0.15) is 17.4 Å². The molecule has 7 heteroatoms. The lowest BCUT2D eigenvalue weighted by Crippen LogP contribution is -2.47. The fourth-order valence-electron chi connectivity index (χ4n) is 2.97. The van der Waals surface area contributed by atoms with Crippen LogP contribution in [0.2, 0.25) is 0 Å². The SMILES string of the molecule is COCc1nnc(N2CCN(C(C)c3cccc(OC)c3)CC2)s1. The third-order valence-electron chi connectivity index (χ3n) is 4.43. The van der Waals surface area contributed by atoms with E-state index in [1.807, 2.05) is 6.07 Å². The molecule has 1 aromatic heterocycles. The highest BCUT2D eigenvalue weighted by atomic mass is 32.1. The van der Waals surface area contributed by atoms with Gasteiger partial charge in [-0.25, -0.2) is 0 Å². The van der Waals surface area contributed by atoms with Crippen LogP contribution < -0.4 is 9.64 Å². The van der Waals surface area contributed by atoms with Crippen LogP contribution in [-0.4, -0.2) is 55.5 Å². The Hall–Kier alpha value is -1.70. The van der Waals surface area contributed by atoms with E-state index in [0.29, 0.717) is 12.6 Å². The van der Waals surface area contributed by atoms with Crippen molar-refractivity contribution in [3.63, 3.8) is 0 Å². The van der Waals surface area contributed by atoms with E-state index in [2.05, 4.69) is 45.1 Å². The highest BCUT2D eigenvalue weighted by molar-refractivity contribution is 7.15. The summed E-state index contributed by atoms with van der Waals surface area (Å²) in [5, 5.41) is 10.4. The van der Waals surface area contributed by atoms with Crippen molar-refractivity contribution in [1.29, 1.82) is 0 Å². The Labute approximate surface area is 147 Å². The van der Waals surface area contributed by atoms with Crippen LogP contribution in [0.4, 0.5) is 5.13 Å². The van der Waals surface area contributed by atoms with Crippen molar-refractivity contribution in [1.82, 2.24) is 15.1 Å². The first-order valence-electron chi connectivity index (χ1n) is 8.15. The molecule has 1 aromatic carbocycles. The molecule has 0 N–H and O–H groups in total. The fourth-order valence-corrected chi connectivity index (χ4v) is 3.83. The number of hydrogen-bond donors (Lipinski definition) is 0. The van der Waals surface area contributed by atoms with Gasteiger partial charge in [-0.15, -0.1) is 10.2 Å². The molecule has 0 aliphatic carbocycles. The summed E-state index contributed by atoms with van der Waals surface area (Å²) in [5.41, 5.74) is 1.29. The first-order valence-corrected chi connectivity index (χ1v) is 8.97. The largest absolute Gasteiger partial charge is 0.497 e. The van der Waals surface area contributed by atoms with Crippen LogP contribution in [0.3, 0.4) is 0 Å². The van der Waals surface area contributed by atoms with E-state index in [1.54, 1.807) is 25.6 Å². The van der Waals surface area contributed by atoms with Crippen molar-refractivity contribution < 1.29 is 9.47 Å². The molecular weight excluding hydrogens is 324 g/mol.